The van der Waals surface area contributed by atoms with E-state index >= 15 is 0 Å². The molecular weight excluding hydrogens is 210 g/mol. The lowest BCUT2D eigenvalue weighted by Gasteiger charge is -2.10. The molecule has 3 N–H and O–H groups in total. The van der Waals surface area contributed by atoms with Gasteiger partial charge in [-0.05, 0) is 12.1 Å². The van der Waals surface area contributed by atoms with E-state index in [4.69, 9.17) is 14.9 Å². The van der Waals surface area contributed by atoms with Crippen LogP contribution in [0.4, 0.5) is 5.69 Å². The Labute approximate surface area is 93.7 Å². The minimum atomic E-state index is -0.899. The van der Waals surface area contributed by atoms with Crippen LogP contribution >= 0.6 is 0 Å². The topological polar surface area (TPSA) is 78.8 Å². The molecule has 0 spiro atoms. The molecule has 0 bridgehead atoms. The van der Waals surface area contributed by atoms with Crippen LogP contribution in [0.25, 0.3) is 0 Å². The summed E-state index contributed by atoms with van der Waals surface area (Å²) in [6.45, 7) is 1.09. The monoisotopic (exact) mass is 225 g/mol. The highest BCUT2D eigenvalue weighted by Gasteiger charge is 2.03. The van der Waals surface area contributed by atoms with Gasteiger partial charge in [-0.15, -0.1) is 0 Å². The number of anilines is 1. The van der Waals surface area contributed by atoms with Gasteiger partial charge in [0.1, 0.15) is 18.5 Å². The lowest BCUT2D eigenvalue weighted by atomic mass is 10.3. The molecule has 0 heterocycles. The highest BCUT2D eigenvalue weighted by Crippen LogP contribution is 2.17. The van der Waals surface area contributed by atoms with Gasteiger partial charge in [0.25, 0.3) is 0 Å². The predicted molar refractivity (Wildman–Crippen MR) is 59.3 cm³/mol. The van der Waals surface area contributed by atoms with Gasteiger partial charge in [0.2, 0.25) is 5.91 Å². The molecule has 0 saturated carbocycles. The summed E-state index contributed by atoms with van der Waals surface area (Å²) in [6, 6.07) is 6.81. The molecule has 1 amide bonds. The van der Waals surface area contributed by atoms with Crippen molar-refractivity contribution >= 4 is 11.6 Å². The Kier molecular flexibility index (Phi) is 4.75. The highest BCUT2D eigenvalue weighted by molar-refractivity contribution is 5.88. The summed E-state index contributed by atoms with van der Waals surface area (Å²) in [5.74, 6) is 0.367. The predicted octanol–water partition coefficient (Wildman–Crippen LogP) is 0.377. The Hall–Kier alpha value is -1.59. The van der Waals surface area contributed by atoms with Crippen LogP contribution in [-0.4, -0.2) is 35.4 Å². The highest BCUT2D eigenvalue weighted by atomic mass is 16.5. The molecule has 0 saturated heterocycles. The third-order valence-corrected chi connectivity index (χ3v) is 1.81. The Morgan fingerprint density at radius 2 is 2.31 bits per heavy atom. The van der Waals surface area contributed by atoms with E-state index in [1.807, 2.05) is 0 Å². The molecule has 0 radical (unpaired) electrons. The Bertz CT molecular complexity index is 354. The van der Waals surface area contributed by atoms with Crippen molar-refractivity contribution in [3.8, 4) is 5.75 Å². The van der Waals surface area contributed by atoms with Crippen molar-refractivity contribution in [3.63, 3.8) is 0 Å². The van der Waals surface area contributed by atoms with Crippen LogP contribution in [0.2, 0.25) is 0 Å². The summed E-state index contributed by atoms with van der Waals surface area (Å²) in [7, 11) is 0. The number of nitrogens with one attached hydrogen (secondary N) is 1. The largest absolute Gasteiger partial charge is 0.491 e. The van der Waals surface area contributed by atoms with Crippen LogP contribution in [0.1, 0.15) is 6.92 Å². The van der Waals surface area contributed by atoms with Crippen molar-refractivity contribution in [2.24, 2.45) is 0 Å². The average Bonchev–Trinajstić information content (AvgIpc) is 2.25. The van der Waals surface area contributed by atoms with E-state index in [1.165, 1.54) is 6.92 Å². The second kappa shape index (κ2) is 6.09. The van der Waals surface area contributed by atoms with Crippen LogP contribution in [-0.2, 0) is 4.79 Å². The van der Waals surface area contributed by atoms with Crippen LogP contribution in [0, 0.1) is 0 Å². The number of hydrogen-bond donors (Lipinski definition) is 3. The van der Waals surface area contributed by atoms with Crippen LogP contribution < -0.4 is 10.1 Å². The average molecular weight is 225 g/mol. The van der Waals surface area contributed by atoms with Crippen LogP contribution in [0.15, 0.2) is 24.3 Å². The number of aliphatic hydroxyl groups is 2. The van der Waals surface area contributed by atoms with E-state index in [0.29, 0.717) is 11.4 Å². The molecule has 0 fully saturated rings. The number of rotatable bonds is 5. The Morgan fingerprint density at radius 1 is 1.56 bits per heavy atom. The minimum absolute atomic E-state index is 0.0139. The first-order chi connectivity index (χ1) is 7.61. The molecule has 88 valence electrons. The molecule has 0 aromatic heterocycles. The SMILES string of the molecule is CC(=O)Nc1cccc(OCC(O)CO)c1. The zero-order chi connectivity index (χ0) is 12.0. The summed E-state index contributed by atoms with van der Waals surface area (Å²) in [4.78, 5) is 10.8. The van der Waals surface area contributed by atoms with Gasteiger partial charge in [0.05, 0.1) is 6.61 Å². The maximum absolute atomic E-state index is 10.8. The standard InChI is InChI=1S/C11H15NO4/c1-8(14)12-9-3-2-4-11(5-9)16-7-10(15)6-13/h2-5,10,13,15H,6-7H2,1H3,(H,12,14). The van der Waals surface area contributed by atoms with Crippen molar-refractivity contribution in [3.05, 3.63) is 24.3 Å². The summed E-state index contributed by atoms with van der Waals surface area (Å²) >= 11 is 0. The van der Waals surface area contributed by atoms with Gasteiger partial charge in [-0.2, -0.15) is 0 Å². The van der Waals surface area contributed by atoms with Gasteiger partial charge in [-0.1, -0.05) is 6.07 Å². The van der Waals surface area contributed by atoms with Gasteiger partial charge >= 0.3 is 0 Å². The first kappa shape index (κ1) is 12.5. The number of carbonyl (C=O) groups excluding carboxylic acids is 1. The van der Waals surface area contributed by atoms with E-state index in [1.54, 1.807) is 24.3 Å². The molecule has 0 aliphatic heterocycles. The zero-order valence-corrected chi connectivity index (χ0v) is 9.01. The molecule has 1 aromatic rings. The van der Waals surface area contributed by atoms with E-state index < -0.39 is 6.10 Å². The summed E-state index contributed by atoms with van der Waals surface area (Å²) in [5, 5.41) is 20.3. The summed E-state index contributed by atoms with van der Waals surface area (Å²) in [6.07, 6.45) is -0.899. The van der Waals surface area contributed by atoms with Gasteiger partial charge < -0.3 is 20.3 Å². The minimum Gasteiger partial charge on any atom is -0.491 e. The van der Waals surface area contributed by atoms with Gasteiger partial charge in [-0.3, -0.25) is 4.79 Å². The Balaban J connectivity index is 2.56. The smallest absolute Gasteiger partial charge is 0.221 e. The van der Waals surface area contributed by atoms with Crippen molar-refractivity contribution in [2.45, 2.75) is 13.0 Å². The fourth-order valence-electron chi connectivity index (χ4n) is 1.11. The van der Waals surface area contributed by atoms with Gasteiger partial charge in [0.15, 0.2) is 0 Å². The molecule has 0 aliphatic carbocycles. The van der Waals surface area contributed by atoms with E-state index in [2.05, 4.69) is 5.32 Å². The molecule has 1 unspecified atom stereocenters. The van der Waals surface area contributed by atoms with Gasteiger partial charge in [0, 0.05) is 18.7 Å². The number of aliphatic hydroxyl groups excluding tert-OH is 2. The zero-order valence-electron chi connectivity index (χ0n) is 9.01. The van der Waals surface area contributed by atoms with Gasteiger partial charge in [-0.25, -0.2) is 0 Å². The first-order valence-corrected chi connectivity index (χ1v) is 4.91. The van der Waals surface area contributed by atoms with Crippen molar-refractivity contribution in [1.82, 2.24) is 0 Å². The molecule has 1 rings (SSSR count). The molecule has 0 aliphatic rings. The molecule has 1 atom stereocenters. The van der Waals surface area contributed by atoms with Crippen LogP contribution in [0.5, 0.6) is 5.75 Å². The number of amides is 1. The fraction of sp³-hybridized carbons (Fsp3) is 0.364. The molecule has 1 aromatic carbocycles. The number of ether oxygens (including phenoxy) is 1. The molecule has 5 nitrogen and oxygen atoms in total. The third-order valence-electron chi connectivity index (χ3n) is 1.81. The molecule has 5 heteroatoms. The number of benzene rings is 1. The second-order valence-electron chi connectivity index (χ2n) is 3.36. The second-order valence-corrected chi connectivity index (χ2v) is 3.36. The lowest BCUT2D eigenvalue weighted by molar-refractivity contribution is -0.114. The maximum Gasteiger partial charge on any atom is 0.221 e. The quantitative estimate of drug-likeness (QED) is 0.676. The number of hydrogen-bond acceptors (Lipinski definition) is 4. The normalized spacial score (nSPS) is 11.9. The van der Waals surface area contributed by atoms with Crippen molar-refractivity contribution < 1.29 is 19.7 Å². The summed E-state index contributed by atoms with van der Waals surface area (Å²) < 4.78 is 5.22. The Morgan fingerprint density at radius 3 is 2.94 bits per heavy atom. The fourth-order valence-corrected chi connectivity index (χ4v) is 1.11. The lowest BCUT2D eigenvalue weighted by Crippen LogP contribution is -2.21. The van der Waals surface area contributed by atoms with E-state index in [9.17, 15) is 4.79 Å². The summed E-state index contributed by atoms with van der Waals surface area (Å²) in [5.41, 5.74) is 0.628. The van der Waals surface area contributed by atoms with Crippen molar-refractivity contribution in [2.75, 3.05) is 18.5 Å². The van der Waals surface area contributed by atoms with E-state index in [-0.39, 0.29) is 19.1 Å². The first-order valence-electron chi connectivity index (χ1n) is 4.91. The van der Waals surface area contributed by atoms with E-state index in [0.717, 1.165) is 0 Å². The number of carbonyl (C=O) groups is 1. The van der Waals surface area contributed by atoms with Crippen LogP contribution in [0.3, 0.4) is 0 Å². The van der Waals surface area contributed by atoms with Crippen molar-refractivity contribution in [1.29, 1.82) is 0 Å². The molecule has 16 heavy (non-hydrogen) atoms. The maximum atomic E-state index is 10.8. The molecular formula is C11H15NO4. The third kappa shape index (κ3) is 4.29.